The van der Waals surface area contributed by atoms with Crippen LogP contribution in [0.1, 0.15) is 12.8 Å². The largest absolute Gasteiger partial charge is 0.340 e. The third kappa shape index (κ3) is 4.43. The zero-order valence-electron chi connectivity index (χ0n) is 11.5. The van der Waals surface area contributed by atoms with Gasteiger partial charge in [-0.15, -0.1) is 0 Å². The lowest BCUT2D eigenvalue weighted by Gasteiger charge is -2.32. The lowest BCUT2D eigenvalue weighted by molar-refractivity contribution is -0.132. The van der Waals surface area contributed by atoms with Gasteiger partial charge in [0.15, 0.2) is 9.84 Å². The molecule has 7 heteroatoms. The smallest absolute Gasteiger partial charge is 0.223 e. The number of nitrogens with zero attached hydrogens (tertiary/aromatic N) is 2. The minimum atomic E-state index is -2.84. The van der Waals surface area contributed by atoms with Crippen molar-refractivity contribution in [3.63, 3.8) is 0 Å². The highest BCUT2D eigenvalue weighted by Crippen LogP contribution is 2.11. The summed E-state index contributed by atoms with van der Waals surface area (Å²) in [5, 5.41) is 3.18. The van der Waals surface area contributed by atoms with Gasteiger partial charge in [0.2, 0.25) is 5.91 Å². The van der Waals surface area contributed by atoms with Crippen LogP contribution in [0.5, 0.6) is 0 Å². The molecule has 0 radical (unpaired) electrons. The van der Waals surface area contributed by atoms with Crippen LogP contribution in [-0.4, -0.2) is 81.4 Å². The highest BCUT2D eigenvalue weighted by atomic mass is 32.2. The summed E-state index contributed by atoms with van der Waals surface area (Å²) >= 11 is 0. The molecule has 0 aromatic rings. The number of piperazine rings is 1. The molecule has 2 aliphatic rings. The first-order valence-electron chi connectivity index (χ1n) is 6.86. The molecular weight excluding hydrogens is 266 g/mol. The fourth-order valence-electron chi connectivity index (χ4n) is 2.55. The molecule has 1 amide bonds. The van der Waals surface area contributed by atoms with Crippen LogP contribution in [0.15, 0.2) is 0 Å². The van der Waals surface area contributed by atoms with Gasteiger partial charge in [0, 0.05) is 45.2 Å². The summed E-state index contributed by atoms with van der Waals surface area (Å²) in [6.07, 6.45) is 1.13. The van der Waals surface area contributed by atoms with E-state index in [0.29, 0.717) is 19.4 Å². The Kier molecular flexibility index (Phi) is 4.81. The predicted molar refractivity (Wildman–Crippen MR) is 73.8 cm³/mol. The van der Waals surface area contributed by atoms with Gasteiger partial charge in [0.25, 0.3) is 0 Å². The third-order valence-electron chi connectivity index (χ3n) is 3.86. The van der Waals surface area contributed by atoms with Crippen molar-refractivity contribution < 1.29 is 13.2 Å². The maximum atomic E-state index is 12.0. The lowest BCUT2D eigenvalue weighted by Crippen LogP contribution is -2.47. The van der Waals surface area contributed by atoms with E-state index >= 15 is 0 Å². The van der Waals surface area contributed by atoms with Crippen molar-refractivity contribution in [3.8, 4) is 0 Å². The van der Waals surface area contributed by atoms with E-state index in [1.165, 1.54) is 0 Å². The van der Waals surface area contributed by atoms with Crippen molar-refractivity contribution in [2.75, 3.05) is 51.3 Å². The SMILES string of the molecule is CN1CCN(C(=O)CCNC2CCS(=O)(=O)C2)CC1. The van der Waals surface area contributed by atoms with Crippen molar-refractivity contribution in [1.82, 2.24) is 15.1 Å². The molecule has 0 spiro atoms. The van der Waals surface area contributed by atoms with Crippen molar-refractivity contribution in [2.24, 2.45) is 0 Å². The molecule has 0 aromatic heterocycles. The number of carbonyl (C=O) groups excluding carboxylic acids is 1. The van der Waals surface area contributed by atoms with E-state index < -0.39 is 9.84 Å². The number of nitrogens with one attached hydrogen (secondary N) is 1. The normalized spacial score (nSPS) is 27.6. The van der Waals surface area contributed by atoms with Gasteiger partial charge in [-0.1, -0.05) is 0 Å². The van der Waals surface area contributed by atoms with Crippen LogP contribution in [0, 0.1) is 0 Å². The van der Waals surface area contributed by atoms with Gasteiger partial charge in [0.05, 0.1) is 11.5 Å². The molecule has 0 aliphatic carbocycles. The first kappa shape index (κ1) is 14.7. The van der Waals surface area contributed by atoms with Crippen LogP contribution >= 0.6 is 0 Å². The minimum Gasteiger partial charge on any atom is -0.340 e. The molecule has 19 heavy (non-hydrogen) atoms. The third-order valence-corrected chi connectivity index (χ3v) is 5.63. The van der Waals surface area contributed by atoms with E-state index in [1.54, 1.807) is 0 Å². The molecule has 1 unspecified atom stereocenters. The van der Waals surface area contributed by atoms with Gasteiger partial charge in [-0.3, -0.25) is 4.79 Å². The van der Waals surface area contributed by atoms with Crippen LogP contribution in [0.4, 0.5) is 0 Å². The Balaban J connectivity index is 1.64. The van der Waals surface area contributed by atoms with E-state index in [-0.39, 0.29) is 23.5 Å². The molecule has 2 aliphatic heterocycles. The summed E-state index contributed by atoms with van der Waals surface area (Å²) in [6.45, 7) is 4.03. The number of sulfone groups is 1. The number of carbonyl (C=O) groups is 1. The van der Waals surface area contributed by atoms with Crippen LogP contribution in [0.3, 0.4) is 0 Å². The minimum absolute atomic E-state index is 0.0327. The molecule has 2 saturated heterocycles. The molecule has 6 nitrogen and oxygen atoms in total. The van der Waals surface area contributed by atoms with Gasteiger partial charge in [-0.25, -0.2) is 8.42 Å². The Hall–Kier alpha value is -0.660. The summed E-state index contributed by atoms with van der Waals surface area (Å²) in [7, 11) is -0.777. The van der Waals surface area contributed by atoms with Crippen molar-refractivity contribution >= 4 is 15.7 Å². The molecule has 2 fully saturated rings. The molecule has 0 aromatic carbocycles. The van der Waals surface area contributed by atoms with Crippen LogP contribution in [0.2, 0.25) is 0 Å². The molecule has 0 bridgehead atoms. The molecule has 0 saturated carbocycles. The quantitative estimate of drug-likeness (QED) is 0.713. The summed E-state index contributed by atoms with van der Waals surface area (Å²) in [4.78, 5) is 16.1. The second kappa shape index (κ2) is 6.19. The molecule has 2 heterocycles. The van der Waals surface area contributed by atoms with Gasteiger partial charge in [-0.2, -0.15) is 0 Å². The highest BCUT2D eigenvalue weighted by Gasteiger charge is 2.27. The molecule has 110 valence electrons. The van der Waals surface area contributed by atoms with Crippen LogP contribution in [0.25, 0.3) is 0 Å². The topological polar surface area (TPSA) is 69.7 Å². The van der Waals surface area contributed by atoms with Gasteiger partial charge >= 0.3 is 0 Å². The zero-order chi connectivity index (χ0) is 13.9. The zero-order valence-corrected chi connectivity index (χ0v) is 12.3. The summed E-state index contributed by atoms with van der Waals surface area (Å²) < 4.78 is 22.6. The molecular formula is C12H23N3O3S. The standard InChI is InChI=1S/C12H23N3O3S/c1-14-5-7-15(8-6-14)12(16)2-4-13-11-3-9-19(17,18)10-11/h11,13H,2-10H2,1H3. The van der Waals surface area contributed by atoms with Crippen molar-refractivity contribution in [3.05, 3.63) is 0 Å². The average Bonchev–Trinajstić information content (AvgIpc) is 2.69. The van der Waals surface area contributed by atoms with E-state index in [2.05, 4.69) is 17.3 Å². The maximum Gasteiger partial charge on any atom is 0.223 e. The number of likely N-dealkylation sites (N-methyl/N-ethyl adjacent to an activating group) is 1. The predicted octanol–water partition coefficient (Wildman–Crippen LogP) is -1.07. The van der Waals surface area contributed by atoms with E-state index in [9.17, 15) is 13.2 Å². The summed E-state index contributed by atoms with van der Waals surface area (Å²) in [6, 6.07) is 0.0327. The monoisotopic (exact) mass is 289 g/mol. The maximum absolute atomic E-state index is 12.0. The Morgan fingerprint density at radius 1 is 1.26 bits per heavy atom. The number of hydrogen-bond acceptors (Lipinski definition) is 5. The van der Waals surface area contributed by atoms with Gasteiger partial charge in [-0.05, 0) is 13.5 Å². The van der Waals surface area contributed by atoms with Gasteiger partial charge < -0.3 is 15.1 Å². The Labute approximate surface area is 115 Å². The van der Waals surface area contributed by atoms with E-state index in [1.807, 2.05) is 4.90 Å². The number of amides is 1. The van der Waals surface area contributed by atoms with Crippen molar-refractivity contribution in [1.29, 1.82) is 0 Å². The number of rotatable bonds is 4. The average molecular weight is 289 g/mol. The first-order chi connectivity index (χ1) is 8.96. The molecule has 1 N–H and O–H groups in total. The van der Waals surface area contributed by atoms with Crippen molar-refractivity contribution in [2.45, 2.75) is 18.9 Å². The summed E-state index contributed by atoms with van der Waals surface area (Å²) in [5.74, 6) is 0.661. The van der Waals surface area contributed by atoms with E-state index in [0.717, 1.165) is 26.2 Å². The van der Waals surface area contributed by atoms with E-state index in [4.69, 9.17) is 0 Å². The fraction of sp³-hybridized carbons (Fsp3) is 0.917. The fourth-order valence-corrected chi connectivity index (χ4v) is 4.26. The Bertz CT molecular complexity index is 416. The molecule has 1 atom stereocenters. The van der Waals surface area contributed by atoms with Crippen LogP contribution < -0.4 is 5.32 Å². The lowest BCUT2D eigenvalue weighted by atomic mass is 10.2. The first-order valence-corrected chi connectivity index (χ1v) is 8.68. The second-order valence-corrected chi connectivity index (χ2v) is 7.72. The van der Waals surface area contributed by atoms with Gasteiger partial charge in [0.1, 0.15) is 0 Å². The Morgan fingerprint density at radius 3 is 2.53 bits per heavy atom. The Morgan fingerprint density at radius 2 is 1.95 bits per heavy atom. The summed E-state index contributed by atoms with van der Waals surface area (Å²) in [5.41, 5.74) is 0. The number of hydrogen-bond donors (Lipinski definition) is 1. The van der Waals surface area contributed by atoms with Crippen LogP contribution in [-0.2, 0) is 14.6 Å². The second-order valence-electron chi connectivity index (χ2n) is 5.49. The molecule has 2 rings (SSSR count). The highest BCUT2D eigenvalue weighted by molar-refractivity contribution is 7.91.